The third-order valence-corrected chi connectivity index (χ3v) is 4.76. The molecule has 0 saturated carbocycles. The fraction of sp³-hybridized carbons (Fsp3) is 0.261. The van der Waals surface area contributed by atoms with Gasteiger partial charge in [0.05, 0.1) is 0 Å². The van der Waals surface area contributed by atoms with Crippen molar-refractivity contribution in [3.63, 3.8) is 0 Å². The lowest BCUT2D eigenvalue weighted by Gasteiger charge is -2.27. The fourth-order valence-corrected chi connectivity index (χ4v) is 2.88. The summed E-state index contributed by atoms with van der Waals surface area (Å²) >= 11 is 0. The van der Waals surface area contributed by atoms with Crippen LogP contribution in [-0.4, -0.2) is 33.5 Å². The molecule has 5 nitrogen and oxygen atoms in total. The van der Waals surface area contributed by atoms with Crippen LogP contribution in [0.15, 0.2) is 65.2 Å². The molecule has 3 rings (SSSR count). The average molecular weight is 393 g/mol. The van der Waals surface area contributed by atoms with Gasteiger partial charge in [-0.2, -0.15) is 4.98 Å². The lowest BCUT2D eigenvalue weighted by Crippen LogP contribution is -2.38. The second kappa shape index (κ2) is 9.78. The van der Waals surface area contributed by atoms with E-state index in [1.165, 1.54) is 12.1 Å². The summed E-state index contributed by atoms with van der Waals surface area (Å²) in [7, 11) is 0. The van der Waals surface area contributed by atoms with Crippen LogP contribution in [0.2, 0.25) is 0 Å². The summed E-state index contributed by atoms with van der Waals surface area (Å²) in [5.74, 6) is 0.480. The Morgan fingerprint density at radius 1 is 1.17 bits per heavy atom. The van der Waals surface area contributed by atoms with E-state index in [-0.39, 0.29) is 17.8 Å². The number of rotatable bonds is 8. The van der Waals surface area contributed by atoms with Crippen molar-refractivity contribution in [1.82, 2.24) is 15.0 Å². The molecular weight excluding hydrogens is 369 g/mol. The summed E-state index contributed by atoms with van der Waals surface area (Å²) in [4.78, 5) is 18.9. The van der Waals surface area contributed by atoms with Crippen LogP contribution in [0.1, 0.15) is 31.7 Å². The van der Waals surface area contributed by atoms with Crippen molar-refractivity contribution in [3.8, 4) is 11.4 Å². The summed E-state index contributed by atoms with van der Waals surface area (Å²) in [6.07, 6.45) is 4.70. The number of benzene rings is 2. The van der Waals surface area contributed by atoms with Crippen LogP contribution in [0.5, 0.6) is 0 Å². The predicted molar refractivity (Wildman–Crippen MR) is 110 cm³/mol. The Balaban J connectivity index is 1.65. The number of amides is 1. The fourth-order valence-electron chi connectivity index (χ4n) is 2.88. The Bertz CT molecular complexity index is 952. The second-order valence-corrected chi connectivity index (χ2v) is 6.80. The van der Waals surface area contributed by atoms with E-state index < -0.39 is 0 Å². The number of aromatic nitrogens is 2. The number of hydrogen-bond acceptors (Lipinski definition) is 4. The van der Waals surface area contributed by atoms with Crippen molar-refractivity contribution < 1.29 is 13.7 Å². The van der Waals surface area contributed by atoms with Crippen LogP contribution in [0.25, 0.3) is 17.5 Å². The van der Waals surface area contributed by atoms with Crippen molar-refractivity contribution in [2.75, 3.05) is 6.54 Å². The van der Waals surface area contributed by atoms with Crippen LogP contribution in [0, 0.1) is 5.82 Å². The number of carbonyl (C=O) groups excluding carboxylic acids is 1. The van der Waals surface area contributed by atoms with Crippen molar-refractivity contribution in [2.24, 2.45) is 0 Å². The Labute approximate surface area is 169 Å². The van der Waals surface area contributed by atoms with Gasteiger partial charge in [0.1, 0.15) is 5.82 Å². The summed E-state index contributed by atoms with van der Waals surface area (Å²) < 4.78 is 18.4. The zero-order valence-electron chi connectivity index (χ0n) is 16.6. The highest BCUT2D eigenvalue weighted by molar-refractivity contribution is 5.92. The van der Waals surface area contributed by atoms with Gasteiger partial charge in [-0.05, 0) is 49.2 Å². The molecule has 0 N–H and O–H groups in total. The maximum atomic E-state index is 13.1. The Hall–Kier alpha value is -3.28. The molecule has 2 aromatic carbocycles. The summed E-state index contributed by atoms with van der Waals surface area (Å²) in [5, 5.41) is 3.95. The van der Waals surface area contributed by atoms with E-state index in [9.17, 15) is 9.18 Å². The standard InChI is InChI=1S/C23H24FN3O2/c1-3-17(2)27(22(28)14-9-18-7-5-4-6-8-18)16-15-21-25-23(26-29-21)19-10-12-20(24)13-11-19/h4-14,17H,3,15-16H2,1-2H3/b14-9+. The molecule has 1 aromatic heterocycles. The molecule has 0 saturated heterocycles. The van der Waals surface area contributed by atoms with Crippen LogP contribution in [-0.2, 0) is 11.2 Å². The summed E-state index contributed by atoms with van der Waals surface area (Å²) in [6, 6.07) is 15.7. The molecule has 1 atom stereocenters. The molecule has 150 valence electrons. The average Bonchev–Trinajstić information content (AvgIpc) is 3.22. The minimum atomic E-state index is -0.316. The van der Waals surface area contributed by atoms with E-state index in [0.717, 1.165) is 12.0 Å². The molecule has 0 bridgehead atoms. The molecule has 0 radical (unpaired) electrons. The van der Waals surface area contributed by atoms with E-state index in [1.54, 1.807) is 23.1 Å². The number of carbonyl (C=O) groups is 1. The molecule has 1 amide bonds. The first-order chi connectivity index (χ1) is 14.1. The lowest BCUT2D eigenvalue weighted by molar-refractivity contribution is -0.128. The molecule has 1 heterocycles. The van der Waals surface area contributed by atoms with Crippen molar-refractivity contribution in [3.05, 3.63) is 77.9 Å². The molecule has 0 spiro atoms. The van der Waals surface area contributed by atoms with Gasteiger partial charge < -0.3 is 9.42 Å². The van der Waals surface area contributed by atoms with Crippen LogP contribution < -0.4 is 0 Å². The third kappa shape index (κ3) is 5.60. The van der Waals surface area contributed by atoms with Crippen LogP contribution in [0.3, 0.4) is 0 Å². The Morgan fingerprint density at radius 2 is 1.90 bits per heavy atom. The molecule has 0 aliphatic carbocycles. The van der Waals surface area contributed by atoms with Crippen molar-refractivity contribution >= 4 is 12.0 Å². The highest BCUT2D eigenvalue weighted by atomic mass is 19.1. The maximum absolute atomic E-state index is 13.1. The van der Waals surface area contributed by atoms with Gasteiger partial charge in [0.25, 0.3) is 0 Å². The first-order valence-corrected chi connectivity index (χ1v) is 9.69. The molecule has 0 aliphatic rings. The van der Waals surface area contributed by atoms with Gasteiger partial charge >= 0.3 is 0 Å². The van der Waals surface area contributed by atoms with Gasteiger partial charge in [-0.15, -0.1) is 0 Å². The molecular formula is C23H24FN3O2. The molecule has 6 heteroatoms. The molecule has 0 aliphatic heterocycles. The van der Waals surface area contributed by atoms with Crippen molar-refractivity contribution in [1.29, 1.82) is 0 Å². The van der Waals surface area contributed by atoms with Gasteiger partial charge in [0.15, 0.2) is 0 Å². The quantitative estimate of drug-likeness (QED) is 0.518. The first-order valence-electron chi connectivity index (χ1n) is 9.69. The smallest absolute Gasteiger partial charge is 0.246 e. The highest BCUT2D eigenvalue weighted by Gasteiger charge is 2.18. The van der Waals surface area contributed by atoms with E-state index in [0.29, 0.717) is 30.2 Å². The Morgan fingerprint density at radius 3 is 2.59 bits per heavy atom. The molecule has 0 fully saturated rings. The normalized spacial score (nSPS) is 12.2. The Kier molecular flexibility index (Phi) is 6.89. The molecule has 29 heavy (non-hydrogen) atoms. The van der Waals surface area contributed by atoms with Crippen LogP contribution >= 0.6 is 0 Å². The zero-order valence-corrected chi connectivity index (χ0v) is 16.6. The maximum Gasteiger partial charge on any atom is 0.246 e. The lowest BCUT2D eigenvalue weighted by atomic mass is 10.1. The van der Waals surface area contributed by atoms with Gasteiger partial charge in [0.2, 0.25) is 17.6 Å². The molecule has 1 unspecified atom stereocenters. The van der Waals surface area contributed by atoms with E-state index in [4.69, 9.17) is 4.52 Å². The first kappa shape index (κ1) is 20.5. The highest BCUT2D eigenvalue weighted by Crippen LogP contribution is 2.17. The minimum Gasteiger partial charge on any atom is -0.339 e. The number of halogens is 1. The van der Waals surface area contributed by atoms with Gasteiger partial charge in [-0.3, -0.25) is 4.79 Å². The van der Waals surface area contributed by atoms with Gasteiger partial charge in [-0.25, -0.2) is 4.39 Å². The second-order valence-electron chi connectivity index (χ2n) is 6.80. The van der Waals surface area contributed by atoms with Gasteiger partial charge in [0, 0.05) is 30.6 Å². The summed E-state index contributed by atoms with van der Waals surface area (Å²) in [6.45, 7) is 4.54. The predicted octanol–water partition coefficient (Wildman–Crippen LogP) is 4.76. The van der Waals surface area contributed by atoms with E-state index in [1.807, 2.05) is 50.3 Å². The number of hydrogen-bond donors (Lipinski definition) is 0. The third-order valence-electron chi connectivity index (χ3n) is 4.76. The van der Waals surface area contributed by atoms with Crippen LogP contribution in [0.4, 0.5) is 4.39 Å². The number of nitrogens with zero attached hydrogens (tertiary/aromatic N) is 3. The monoisotopic (exact) mass is 393 g/mol. The van der Waals surface area contributed by atoms with Crippen molar-refractivity contribution in [2.45, 2.75) is 32.7 Å². The van der Waals surface area contributed by atoms with E-state index in [2.05, 4.69) is 10.1 Å². The minimum absolute atomic E-state index is 0.0542. The zero-order chi connectivity index (χ0) is 20.6. The van der Waals surface area contributed by atoms with E-state index >= 15 is 0 Å². The SMILES string of the molecule is CCC(C)N(CCc1nc(-c2ccc(F)cc2)no1)C(=O)/C=C/c1ccccc1. The largest absolute Gasteiger partial charge is 0.339 e. The topological polar surface area (TPSA) is 59.2 Å². The van der Waals surface area contributed by atoms with Gasteiger partial charge in [-0.1, -0.05) is 42.4 Å². The summed E-state index contributed by atoms with van der Waals surface area (Å²) in [5.41, 5.74) is 1.66. The molecule has 3 aromatic rings.